The van der Waals surface area contributed by atoms with Crippen LogP contribution in [0.15, 0.2) is 60.8 Å². The maximum absolute atomic E-state index is 12.8. The molecule has 0 spiro atoms. The van der Waals surface area contributed by atoms with Gasteiger partial charge in [-0.15, -0.1) is 0 Å². The zero-order valence-corrected chi connectivity index (χ0v) is 17.8. The summed E-state index contributed by atoms with van der Waals surface area (Å²) in [7, 11) is 0. The van der Waals surface area contributed by atoms with Crippen LogP contribution in [-0.4, -0.2) is 51.7 Å². The molecule has 7 heteroatoms. The number of aromatic nitrogens is 2. The van der Waals surface area contributed by atoms with E-state index in [0.717, 1.165) is 19.6 Å². The van der Waals surface area contributed by atoms with Gasteiger partial charge in [0.05, 0.1) is 0 Å². The van der Waals surface area contributed by atoms with E-state index in [4.69, 9.17) is 16.3 Å². The minimum atomic E-state index is -0.0317. The molecule has 1 aliphatic heterocycles. The Morgan fingerprint density at radius 3 is 2.50 bits per heavy atom. The van der Waals surface area contributed by atoms with Gasteiger partial charge < -0.3 is 9.64 Å². The molecular weight excluding hydrogens is 400 g/mol. The number of carbonyl (C=O) groups is 1. The van der Waals surface area contributed by atoms with Crippen LogP contribution in [0.2, 0.25) is 5.02 Å². The zero-order chi connectivity index (χ0) is 20.9. The van der Waals surface area contributed by atoms with E-state index in [1.165, 1.54) is 11.1 Å². The second-order valence-corrected chi connectivity index (χ2v) is 7.90. The number of benzene rings is 2. The molecule has 0 atom stereocenters. The lowest BCUT2D eigenvalue weighted by Gasteiger charge is -2.34. The van der Waals surface area contributed by atoms with E-state index in [-0.39, 0.29) is 12.6 Å². The molecule has 6 nitrogen and oxygen atoms in total. The standard InChI is InChI=1S/C23H25ClN4O2/c1-18-4-2-3-5-19(18)16-26-12-14-27(15-13-26)23(29)22-10-11-28(25-22)17-30-21-8-6-20(24)7-9-21/h2-11H,12-17H2,1H3. The monoisotopic (exact) mass is 424 g/mol. The smallest absolute Gasteiger partial charge is 0.274 e. The Labute approximate surface area is 181 Å². The summed E-state index contributed by atoms with van der Waals surface area (Å²) in [6, 6.07) is 17.3. The number of piperazine rings is 1. The molecule has 30 heavy (non-hydrogen) atoms. The van der Waals surface area contributed by atoms with E-state index in [1.807, 2.05) is 4.90 Å². The minimum Gasteiger partial charge on any atom is -0.471 e. The fourth-order valence-electron chi connectivity index (χ4n) is 3.52. The summed E-state index contributed by atoms with van der Waals surface area (Å²) in [6.07, 6.45) is 1.76. The minimum absolute atomic E-state index is 0.0317. The molecule has 0 radical (unpaired) electrons. The first-order chi connectivity index (χ1) is 14.6. The SMILES string of the molecule is Cc1ccccc1CN1CCN(C(=O)c2ccn(COc3ccc(Cl)cc3)n2)CC1. The van der Waals surface area contributed by atoms with Crippen molar-refractivity contribution in [3.63, 3.8) is 0 Å². The second kappa shape index (κ2) is 9.32. The van der Waals surface area contributed by atoms with Gasteiger partial charge in [0.15, 0.2) is 12.4 Å². The van der Waals surface area contributed by atoms with E-state index in [9.17, 15) is 4.79 Å². The summed E-state index contributed by atoms with van der Waals surface area (Å²) in [5, 5.41) is 5.04. The van der Waals surface area contributed by atoms with Gasteiger partial charge in [0, 0.05) is 43.9 Å². The van der Waals surface area contributed by atoms with Crippen LogP contribution in [-0.2, 0) is 13.3 Å². The normalized spacial score (nSPS) is 14.7. The van der Waals surface area contributed by atoms with Crippen molar-refractivity contribution in [1.82, 2.24) is 19.6 Å². The molecule has 0 aliphatic carbocycles. The van der Waals surface area contributed by atoms with Gasteiger partial charge in [0.25, 0.3) is 5.91 Å². The van der Waals surface area contributed by atoms with Crippen LogP contribution in [0, 0.1) is 6.92 Å². The van der Waals surface area contributed by atoms with Crippen molar-refractivity contribution < 1.29 is 9.53 Å². The van der Waals surface area contributed by atoms with Crippen LogP contribution in [0.1, 0.15) is 21.6 Å². The molecule has 156 valence electrons. The lowest BCUT2D eigenvalue weighted by Crippen LogP contribution is -2.48. The first-order valence-electron chi connectivity index (χ1n) is 10.1. The number of amides is 1. The number of nitrogens with zero attached hydrogens (tertiary/aromatic N) is 4. The Balaban J connectivity index is 1.28. The highest BCUT2D eigenvalue weighted by Gasteiger charge is 2.24. The number of rotatable bonds is 6. The van der Waals surface area contributed by atoms with Crippen molar-refractivity contribution in [1.29, 1.82) is 0 Å². The Bertz CT molecular complexity index is 994. The lowest BCUT2D eigenvalue weighted by atomic mass is 10.1. The quantitative estimate of drug-likeness (QED) is 0.603. The van der Waals surface area contributed by atoms with Gasteiger partial charge in [-0.1, -0.05) is 35.9 Å². The van der Waals surface area contributed by atoms with Crippen molar-refractivity contribution in [2.75, 3.05) is 26.2 Å². The topological polar surface area (TPSA) is 50.6 Å². The highest BCUT2D eigenvalue weighted by Crippen LogP contribution is 2.16. The van der Waals surface area contributed by atoms with Crippen molar-refractivity contribution in [3.8, 4) is 5.75 Å². The summed E-state index contributed by atoms with van der Waals surface area (Å²) in [5.41, 5.74) is 3.10. The average molecular weight is 425 g/mol. The number of carbonyl (C=O) groups excluding carboxylic acids is 1. The summed E-state index contributed by atoms with van der Waals surface area (Å²) < 4.78 is 7.30. The van der Waals surface area contributed by atoms with E-state index in [0.29, 0.717) is 29.6 Å². The molecule has 1 aromatic heterocycles. The number of aryl methyl sites for hydroxylation is 1. The van der Waals surface area contributed by atoms with Gasteiger partial charge in [-0.05, 0) is 48.4 Å². The van der Waals surface area contributed by atoms with E-state index in [1.54, 1.807) is 41.2 Å². The molecule has 1 aliphatic rings. The molecule has 3 aromatic rings. The fraction of sp³-hybridized carbons (Fsp3) is 0.304. The van der Waals surface area contributed by atoms with Gasteiger partial charge >= 0.3 is 0 Å². The first kappa shape index (κ1) is 20.4. The molecule has 0 N–H and O–H groups in total. The first-order valence-corrected chi connectivity index (χ1v) is 10.4. The van der Waals surface area contributed by atoms with Crippen molar-refractivity contribution >= 4 is 17.5 Å². The van der Waals surface area contributed by atoms with Gasteiger partial charge in [0.2, 0.25) is 0 Å². The van der Waals surface area contributed by atoms with Gasteiger partial charge in [0.1, 0.15) is 5.75 Å². The van der Waals surface area contributed by atoms with Crippen LogP contribution < -0.4 is 4.74 Å². The van der Waals surface area contributed by atoms with Gasteiger partial charge in [-0.2, -0.15) is 5.10 Å². The molecule has 4 rings (SSSR count). The molecule has 0 saturated carbocycles. The Morgan fingerprint density at radius 2 is 1.77 bits per heavy atom. The molecule has 2 aromatic carbocycles. The number of hydrogen-bond donors (Lipinski definition) is 0. The molecule has 1 amide bonds. The molecule has 2 heterocycles. The van der Waals surface area contributed by atoms with E-state index in [2.05, 4.69) is 41.2 Å². The molecule has 1 saturated heterocycles. The fourth-order valence-corrected chi connectivity index (χ4v) is 3.64. The highest BCUT2D eigenvalue weighted by atomic mass is 35.5. The predicted molar refractivity (Wildman–Crippen MR) is 117 cm³/mol. The molecule has 0 bridgehead atoms. The van der Waals surface area contributed by atoms with Gasteiger partial charge in [-0.3, -0.25) is 9.69 Å². The molecule has 0 unspecified atom stereocenters. The van der Waals surface area contributed by atoms with Crippen molar-refractivity contribution in [2.45, 2.75) is 20.2 Å². The Hall–Kier alpha value is -2.83. The third-order valence-electron chi connectivity index (χ3n) is 5.35. The van der Waals surface area contributed by atoms with Crippen LogP contribution in [0.4, 0.5) is 0 Å². The third-order valence-corrected chi connectivity index (χ3v) is 5.60. The number of halogens is 1. The van der Waals surface area contributed by atoms with E-state index >= 15 is 0 Å². The Kier molecular flexibility index (Phi) is 6.35. The van der Waals surface area contributed by atoms with E-state index < -0.39 is 0 Å². The largest absolute Gasteiger partial charge is 0.471 e. The van der Waals surface area contributed by atoms with Crippen LogP contribution in [0.25, 0.3) is 0 Å². The molecule has 1 fully saturated rings. The summed E-state index contributed by atoms with van der Waals surface area (Å²) in [6.45, 7) is 6.44. The number of hydrogen-bond acceptors (Lipinski definition) is 4. The number of ether oxygens (including phenoxy) is 1. The highest BCUT2D eigenvalue weighted by molar-refractivity contribution is 6.30. The summed E-state index contributed by atoms with van der Waals surface area (Å²) in [5.74, 6) is 0.670. The Morgan fingerprint density at radius 1 is 1.03 bits per heavy atom. The lowest BCUT2D eigenvalue weighted by molar-refractivity contribution is 0.0620. The van der Waals surface area contributed by atoms with Crippen molar-refractivity contribution in [3.05, 3.63) is 82.6 Å². The average Bonchev–Trinajstić information content (AvgIpc) is 3.24. The summed E-state index contributed by atoms with van der Waals surface area (Å²) >= 11 is 5.88. The second-order valence-electron chi connectivity index (χ2n) is 7.46. The van der Waals surface area contributed by atoms with Crippen LogP contribution in [0.5, 0.6) is 5.75 Å². The van der Waals surface area contributed by atoms with Crippen LogP contribution in [0.3, 0.4) is 0 Å². The van der Waals surface area contributed by atoms with Crippen molar-refractivity contribution in [2.24, 2.45) is 0 Å². The van der Waals surface area contributed by atoms with Gasteiger partial charge in [-0.25, -0.2) is 4.68 Å². The van der Waals surface area contributed by atoms with Crippen LogP contribution >= 0.6 is 11.6 Å². The predicted octanol–water partition coefficient (Wildman–Crippen LogP) is 3.84. The maximum atomic E-state index is 12.8. The molecular formula is C23H25ClN4O2. The maximum Gasteiger partial charge on any atom is 0.274 e. The third kappa shape index (κ3) is 5.01. The summed E-state index contributed by atoms with van der Waals surface area (Å²) in [4.78, 5) is 17.1. The zero-order valence-electron chi connectivity index (χ0n) is 17.0.